The summed E-state index contributed by atoms with van der Waals surface area (Å²) in [5.74, 6) is 0. The van der Waals surface area contributed by atoms with Crippen LogP contribution in [-0.4, -0.2) is 6.54 Å². The molecule has 0 aromatic heterocycles. The van der Waals surface area contributed by atoms with Crippen molar-refractivity contribution in [3.05, 3.63) is 161 Å². The molecule has 0 bridgehead atoms. The highest BCUT2D eigenvalue weighted by atomic mass is 15.1. The molecule has 1 nitrogen and oxygen atoms in total. The summed E-state index contributed by atoms with van der Waals surface area (Å²) in [4.78, 5) is 2.21. The zero-order chi connectivity index (χ0) is 27.6. The Hall–Kier alpha value is -3.84. The summed E-state index contributed by atoms with van der Waals surface area (Å²) in [5, 5.41) is 0. The van der Waals surface area contributed by atoms with Gasteiger partial charge in [0.25, 0.3) is 0 Å². The van der Waals surface area contributed by atoms with E-state index in [4.69, 9.17) is 0 Å². The van der Waals surface area contributed by atoms with Crippen molar-refractivity contribution in [3.8, 4) is 0 Å². The predicted molar refractivity (Wildman–Crippen MR) is 172 cm³/mol. The molecule has 0 atom stereocenters. The molecule has 0 unspecified atom stereocenters. The minimum atomic E-state index is 0.790. The lowest BCUT2D eigenvalue weighted by Gasteiger charge is -2.20. The van der Waals surface area contributed by atoms with Gasteiger partial charge in [-0.05, 0) is 116 Å². The van der Waals surface area contributed by atoms with E-state index in [-0.39, 0.29) is 0 Å². The van der Waals surface area contributed by atoms with E-state index in [1.165, 1.54) is 56.7 Å². The van der Waals surface area contributed by atoms with Gasteiger partial charge in [-0.3, -0.25) is 0 Å². The van der Waals surface area contributed by atoms with Crippen LogP contribution in [0.3, 0.4) is 0 Å². The molecule has 0 aliphatic heterocycles. The van der Waals surface area contributed by atoms with E-state index in [9.17, 15) is 0 Å². The summed E-state index contributed by atoms with van der Waals surface area (Å²) >= 11 is 0. The van der Waals surface area contributed by atoms with Gasteiger partial charge >= 0.3 is 0 Å². The third-order valence-corrected chi connectivity index (χ3v) is 7.84. The van der Waals surface area contributed by atoms with Crippen LogP contribution in [0.5, 0.6) is 0 Å². The molecular formula is C38H43N. The molecule has 0 radical (unpaired) electrons. The van der Waals surface area contributed by atoms with Gasteiger partial charge < -0.3 is 4.90 Å². The summed E-state index contributed by atoms with van der Waals surface area (Å²) < 4.78 is 0. The standard InChI is InChI=1S/C38H43N/c1-6-39(37-25-10-8-16-30(37)3)28-14-20-33(26-27-34-21-9-7-15-29(34)2)19-13-23-35-22-11-17-31(4)38-32(5)18-12-24-36(35)38/h6,8-10,12-14,16-18,20-23,25-26H,1,5,7,11,15,19,24,27-28H2,2-4H3/b20-14-,23-13-,33-26-. The zero-order valence-electron chi connectivity index (χ0n) is 24.0. The van der Waals surface area contributed by atoms with Gasteiger partial charge in [-0.15, -0.1) is 0 Å². The van der Waals surface area contributed by atoms with Gasteiger partial charge in [0.1, 0.15) is 0 Å². The van der Waals surface area contributed by atoms with E-state index in [0.29, 0.717) is 0 Å². The van der Waals surface area contributed by atoms with Crippen molar-refractivity contribution in [2.75, 3.05) is 11.4 Å². The van der Waals surface area contributed by atoms with E-state index in [2.05, 4.69) is 130 Å². The molecule has 1 aromatic rings. The van der Waals surface area contributed by atoms with Crippen molar-refractivity contribution >= 4 is 5.69 Å². The first kappa shape index (κ1) is 28.2. The summed E-state index contributed by atoms with van der Waals surface area (Å²) in [6.07, 6.45) is 33.4. The number of benzene rings is 1. The van der Waals surface area contributed by atoms with Crippen molar-refractivity contribution in [3.63, 3.8) is 0 Å². The van der Waals surface area contributed by atoms with Crippen molar-refractivity contribution in [1.82, 2.24) is 0 Å². The SMILES string of the molecule is C=CN(C/C=C\C(=C/CC1=C(C)CCC=C1)C/C=C\C1=CCC=C(C)C2=C1CC=CC2=C)c1ccccc1C. The summed E-state index contributed by atoms with van der Waals surface area (Å²) in [7, 11) is 0. The molecule has 0 N–H and O–H groups in total. The molecule has 0 spiro atoms. The van der Waals surface area contributed by atoms with Crippen LogP contribution in [0, 0.1) is 6.92 Å². The fraction of sp³-hybridized carbons (Fsp3) is 0.263. The molecule has 3 aliphatic rings. The second-order valence-corrected chi connectivity index (χ2v) is 10.6. The predicted octanol–water partition coefficient (Wildman–Crippen LogP) is 10.5. The second kappa shape index (κ2) is 13.8. The molecule has 0 amide bonds. The number of rotatable bonds is 10. The van der Waals surface area contributed by atoms with Crippen LogP contribution in [-0.2, 0) is 0 Å². The minimum absolute atomic E-state index is 0.790. The Labute approximate surface area is 236 Å². The largest absolute Gasteiger partial charge is 0.345 e. The van der Waals surface area contributed by atoms with Crippen LogP contribution >= 0.6 is 0 Å². The molecule has 0 saturated carbocycles. The van der Waals surface area contributed by atoms with Crippen molar-refractivity contribution < 1.29 is 0 Å². The normalized spacial score (nSPS) is 18.0. The maximum atomic E-state index is 4.31. The maximum Gasteiger partial charge on any atom is 0.0438 e. The van der Waals surface area contributed by atoms with Crippen LogP contribution in [0.4, 0.5) is 5.69 Å². The lowest BCUT2D eigenvalue weighted by atomic mass is 9.85. The van der Waals surface area contributed by atoms with Gasteiger partial charge in [0.15, 0.2) is 0 Å². The van der Waals surface area contributed by atoms with E-state index >= 15 is 0 Å². The Morgan fingerprint density at radius 1 is 1.03 bits per heavy atom. The molecule has 0 fully saturated rings. The Morgan fingerprint density at radius 2 is 1.87 bits per heavy atom. The smallest absolute Gasteiger partial charge is 0.0438 e. The lowest BCUT2D eigenvalue weighted by molar-refractivity contribution is 0.925. The first-order valence-electron chi connectivity index (χ1n) is 14.3. The van der Waals surface area contributed by atoms with E-state index in [1.54, 1.807) is 0 Å². The van der Waals surface area contributed by atoms with Gasteiger partial charge in [-0.2, -0.15) is 0 Å². The number of nitrogens with zero attached hydrogens (tertiary/aromatic N) is 1. The van der Waals surface area contributed by atoms with Gasteiger partial charge in [-0.1, -0.05) is 104 Å². The molecule has 1 heteroatoms. The quantitative estimate of drug-likeness (QED) is 0.281. The molecule has 200 valence electrons. The molecule has 1 aromatic carbocycles. The van der Waals surface area contributed by atoms with Crippen LogP contribution in [0.15, 0.2) is 155 Å². The highest BCUT2D eigenvalue weighted by Crippen LogP contribution is 2.36. The summed E-state index contributed by atoms with van der Waals surface area (Å²) in [6.45, 7) is 15.8. The number of anilines is 1. The minimum Gasteiger partial charge on any atom is -0.345 e. The third-order valence-electron chi connectivity index (χ3n) is 7.84. The molecule has 4 rings (SSSR count). The molecule has 0 heterocycles. The average Bonchev–Trinajstić information content (AvgIpc) is 3.09. The van der Waals surface area contributed by atoms with Crippen LogP contribution in [0.25, 0.3) is 0 Å². The van der Waals surface area contributed by atoms with Crippen LogP contribution in [0.1, 0.15) is 57.9 Å². The number of hydrogen-bond donors (Lipinski definition) is 0. The monoisotopic (exact) mass is 513 g/mol. The van der Waals surface area contributed by atoms with Crippen molar-refractivity contribution in [2.24, 2.45) is 0 Å². The Kier molecular flexibility index (Phi) is 9.97. The molecule has 3 aliphatic carbocycles. The fourth-order valence-electron chi connectivity index (χ4n) is 5.54. The Morgan fingerprint density at radius 3 is 2.67 bits per heavy atom. The Bertz CT molecular complexity index is 1370. The average molecular weight is 514 g/mol. The topological polar surface area (TPSA) is 3.24 Å². The van der Waals surface area contributed by atoms with E-state index in [0.717, 1.165) is 44.2 Å². The lowest BCUT2D eigenvalue weighted by Crippen LogP contribution is -2.16. The number of para-hydroxylation sites is 1. The zero-order valence-corrected chi connectivity index (χ0v) is 24.0. The van der Waals surface area contributed by atoms with E-state index in [1.807, 2.05) is 6.20 Å². The van der Waals surface area contributed by atoms with Gasteiger partial charge in [-0.25, -0.2) is 0 Å². The first-order valence-corrected chi connectivity index (χ1v) is 14.3. The molecular weight excluding hydrogens is 470 g/mol. The highest BCUT2D eigenvalue weighted by Gasteiger charge is 2.17. The van der Waals surface area contributed by atoms with Gasteiger partial charge in [0.05, 0.1) is 0 Å². The first-order chi connectivity index (χ1) is 19.0. The van der Waals surface area contributed by atoms with Crippen molar-refractivity contribution in [1.29, 1.82) is 0 Å². The third kappa shape index (κ3) is 7.39. The van der Waals surface area contributed by atoms with Gasteiger partial charge in [0, 0.05) is 12.2 Å². The highest BCUT2D eigenvalue weighted by molar-refractivity contribution is 5.63. The summed E-state index contributed by atoms with van der Waals surface area (Å²) in [6, 6.07) is 8.48. The summed E-state index contributed by atoms with van der Waals surface area (Å²) in [5.41, 5.74) is 13.3. The van der Waals surface area contributed by atoms with E-state index < -0.39 is 0 Å². The van der Waals surface area contributed by atoms with Crippen molar-refractivity contribution in [2.45, 2.75) is 59.3 Å². The molecule has 39 heavy (non-hydrogen) atoms. The number of hydrogen-bond acceptors (Lipinski definition) is 1. The van der Waals surface area contributed by atoms with Crippen LogP contribution in [0.2, 0.25) is 0 Å². The second-order valence-electron chi connectivity index (χ2n) is 10.6. The maximum absolute atomic E-state index is 4.31. The number of aryl methyl sites for hydroxylation is 1. The Balaban J connectivity index is 1.53. The fourth-order valence-corrected chi connectivity index (χ4v) is 5.54. The van der Waals surface area contributed by atoms with Crippen LogP contribution < -0.4 is 4.90 Å². The number of allylic oxidation sites excluding steroid dienone is 18. The molecule has 0 saturated heterocycles. The van der Waals surface area contributed by atoms with Gasteiger partial charge in [0.2, 0.25) is 0 Å².